The number of halogens is 2. The molecular formula is C71H56F2IrN4O-2. The van der Waals surface area contributed by atoms with Crippen LogP contribution in [0, 0.1) is 44.3 Å². The van der Waals surface area contributed by atoms with E-state index in [-0.39, 0.29) is 71.5 Å². The number of fused-ring (bicyclic) bond motifs is 5. The molecule has 391 valence electrons. The van der Waals surface area contributed by atoms with Crippen molar-refractivity contribution in [2.24, 2.45) is 0 Å². The monoisotopic (exact) mass is 1220 g/mol. The van der Waals surface area contributed by atoms with Gasteiger partial charge in [-0.3, -0.25) is 9.97 Å². The minimum absolute atomic E-state index is 0. The molecule has 0 aliphatic rings. The van der Waals surface area contributed by atoms with Gasteiger partial charge in [-0.05, 0) is 125 Å². The van der Waals surface area contributed by atoms with Crippen LogP contribution in [0.5, 0.6) is 0 Å². The summed E-state index contributed by atoms with van der Waals surface area (Å²) in [6, 6.07) is 66.1. The van der Waals surface area contributed by atoms with E-state index in [2.05, 4.69) is 105 Å². The quantitative estimate of drug-likeness (QED) is 0.135. The Morgan fingerprint density at radius 3 is 1.70 bits per heavy atom. The molecule has 0 unspecified atom stereocenters. The summed E-state index contributed by atoms with van der Waals surface area (Å²) in [6.45, 7) is 1.17. The third-order valence-electron chi connectivity index (χ3n) is 14.3. The molecule has 0 N–H and O–H groups in total. The first-order valence-corrected chi connectivity index (χ1v) is 25.8. The Hall–Kier alpha value is -8.55. The van der Waals surface area contributed by atoms with Gasteiger partial charge in [-0.25, -0.2) is 8.78 Å². The molecule has 0 aliphatic carbocycles. The fourth-order valence-electron chi connectivity index (χ4n) is 10.5. The van der Waals surface area contributed by atoms with Crippen LogP contribution >= 0.6 is 0 Å². The van der Waals surface area contributed by atoms with Gasteiger partial charge >= 0.3 is 0 Å². The number of aromatic nitrogens is 4. The number of hydrogen-bond acceptors (Lipinski definition) is 3. The molecule has 0 amide bonds. The van der Waals surface area contributed by atoms with Crippen molar-refractivity contribution in [1.29, 1.82) is 0 Å². The van der Waals surface area contributed by atoms with E-state index in [4.69, 9.17) is 26.7 Å². The summed E-state index contributed by atoms with van der Waals surface area (Å²) in [6.07, 6.45) is 0. The maximum atomic E-state index is 15.5. The predicted octanol–water partition coefficient (Wildman–Crippen LogP) is 19.3. The van der Waals surface area contributed by atoms with Crippen molar-refractivity contribution in [3.05, 3.63) is 252 Å². The molecule has 8 heteroatoms. The molecule has 1 radical (unpaired) electrons. The smallest absolute Gasteiger partial charge is 0.134 e. The Bertz CT molecular complexity index is 4680. The normalized spacial score (nSPS) is 13.6. The molecule has 0 spiro atoms. The number of benzene rings is 10. The van der Waals surface area contributed by atoms with Crippen molar-refractivity contribution < 1.29 is 45.6 Å². The zero-order valence-corrected chi connectivity index (χ0v) is 45.9. The topological polar surface area (TPSA) is 48.8 Å². The van der Waals surface area contributed by atoms with Gasteiger partial charge in [-0.15, -0.1) is 47.5 Å². The van der Waals surface area contributed by atoms with Gasteiger partial charge in [0.15, 0.2) is 0 Å². The van der Waals surface area contributed by atoms with Gasteiger partial charge in [0, 0.05) is 60.8 Å². The van der Waals surface area contributed by atoms with Crippen molar-refractivity contribution in [3.63, 3.8) is 0 Å². The van der Waals surface area contributed by atoms with Crippen molar-refractivity contribution in [2.45, 2.75) is 60.1 Å². The number of nitrogens with zero attached hydrogens (tertiary/aromatic N) is 4. The summed E-state index contributed by atoms with van der Waals surface area (Å²) in [5.74, 6) is 0.597. The summed E-state index contributed by atoms with van der Waals surface area (Å²) in [4.78, 5) is 9.95. The van der Waals surface area contributed by atoms with Crippen LogP contribution < -0.4 is 0 Å². The average Bonchev–Trinajstić information content (AvgIpc) is 1.62. The van der Waals surface area contributed by atoms with E-state index in [0.717, 1.165) is 44.4 Å². The molecule has 0 fully saturated rings. The maximum absolute atomic E-state index is 15.5. The zero-order valence-electron chi connectivity index (χ0n) is 52.5. The van der Waals surface area contributed by atoms with Crippen molar-refractivity contribution >= 4 is 44.0 Å². The summed E-state index contributed by atoms with van der Waals surface area (Å²) >= 11 is 0. The number of para-hydroxylation sites is 5. The first kappa shape index (κ1) is 42.5. The molecule has 13 aromatic rings. The number of imidazole rings is 2. The van der Waals surface area contributed by atoms with E-state index in [1.807, 2.05) is 54.6 Å². The Balaban J connectivity index is 0.000000182. The van der Waals surface area contributed by atoms with Crippen molar-refractivity contribution in [2.75, 3.05) is 0 Å². The van der Waals surface area contributed by atoms with Crippen LogP contribution in [-0.4, -0.2) is 19.1 Å². The molecule has 79 heavy (non-hydrogen) atoms. The van der Waals surface area contributed by atoms with E-state index in [9.17, 15) is 4.39 Å². The molecule has 0 saturated heterocycles. The van der Waals surface area contributed by atoms with Crippen molar-refractivity contribution in [3.8, 4) is 67.5 Å². The molecule has 3 aromatic heterocycles. The summed E-state index contributed by atoms with van der Waals surface area (Å²) in [5.41, 5.74) is 12.7. The van der Waals surface area contributed by atoms with E-state index < -0.39 is 26.4 Å². The maximum Gasteiger partial charge on any atom is 0.134 e. The standard InChI is InChI=1S/C43H34FN2O.C28H22FN2.Ir/c1-26(2)33-22-30(28-14-7-5-8-15-28)23-34(27(3)4)41(33)46-39-21-12-11-20-38(39)45-43(46)32-19-13-18-31-36-24-35(29-16-9-6-10-17-29)37(44)25-40(36)47-42(31)32;1-18-11-12-22(17-24(18)21-13-15-23(29)16-14-21)28-30-25-9-4-5-10-26(25)31(28)27-19(2)7-6-8-20(27)3;/h5-18,20-27H,1-4H3;4-11,13-17H,1-3H3;/q2*-1;/i;1D3,2D3,3D3;. The zero-order chi connectivity index (χ0) is 61.3. The van der Waals surface area contributed by atoms with Crippen LogP contribution in [0.15, 0.2) is 205 Å². The molecule has 0 atom stereocenters. The molecule has 13 rings (SSSR count). The second-order valence-electron chi connectivity index (χ2n) is 20.0. The first-order valence-electron chi connectivity index (χ1n) is 30.3. The molecule has 0 bridgehead atoms. The SMILES string of the molecule is CC(C)c1cc(-c2ccccc2)cc(C(C)C)c1-n1c(-c2[c-]ccc3c2oc2cc(F)c(-c4ccccc4)cc23)nc2ccccc21.[2H]C([2H])([2H])c1c[c-]c(-c2nc3ccccc3n2-c2c(C([2H])([2H])[2H])cccc2C([2H])([2H])[2H])cc1-c1ccc(F)cc1.[Ir]. The Labute approximate surface area is 485 Å². The predicted molar refractivity (Wildman–Crippen MR) is 317 cm³/mol. The minimum Gasteiger partial charge on any atom is -0.500 e. The molecule has 10 aromatic carbocycles. The molecule has 0 aliphatic heterocycles. The van der Waals surface area contributed by atoms with Gasteiger partial charge in [0.25, 0.3) is 0 Å². The van der Waals surface area contributed by atoms with E-state index in [1.54, 1.807) is 30.3 Å². The third kappa shape index (κ3) is 9.70. The summed E-state index contributed by atoms with van der Waals surface area (Å²) in [5, 5.41) is 1.76. The third-order valence-corrected chi connectivity index (χ3v) is 14.3. The van der Waals surface area contributed by atoms with Gasteiger partial charge in [0.1, 0.15) is 17.2 Å². The van der Waals surface area contributed by atoms with Crippen LogP contribution in [0.25, 0.3) is 112 Å². The first-order chi connectivity index (χ1) is 41.5. The van der Waals surface area contributed by atoms with Crippen molar-refractivity contribution in [1.82, 2.24) is 19.1 Å². The van der Waals surface area contributed by atoms with Crippen LogP contribution in [0.1, 0.15) is 79.7 Å². The fraction of sp³-hybridized carbons (Fsp3) is 0.127. The minimum atomic E-state index is -2.66. The summed E-state index contributed by atoms with van der Waals surface area (Å²) in [7, 11) is 0. The Morgan fingerprint density at radius 1 is 0.506 bits per heavy atom. The summed E-state index contributed by atoms with van der Waals surface area (Å²) < 4.78 is 113. The van der Waals surface area contributed by atoms with E-state index in [0.29, 0.717) is 38.9 Å². The van der Waals surface area contributed by atoms with Crippen LogP contribution in [0.4, 0.5) is 8.78 Å². The van der Waals surface area contributed by atoms with Gasteiger partial charge < -0.3 is 13.6 Å². The number of rotatable bonds is 9. The molecule has 5 nitrogen and oxygen atoms in total. The van der Waals surface area contributed by atoms with Crippen LogP contribution in [0.2, 0.25) is 0 Å². The number of furan rings is 1. The number of aryl methyl sites for hydroxylation is 3. The second-order valence-corrected chi connectivity index (χ2v) is 20.0. The van der Waals surface area contributed by atoms with E-state index in [1.165, 1.54) is 81.4 Å². The molecule has 0 saturated carbocycles. The Kier molecular flexibility index (Phi) is 11.7. The Morgan fingerprint density at radius 2 is 1.08 bits per heavy atom. The van der Waals surface area contributed by atoms with Crippen LogP contribution in [-0.2, 0) is 20.1 Å². The number of hydrogen-bond donors (Lipinski definition) is 0. The van der Waals surface area contributed by atoms with Crippen LogP contribution in [0.3, 0.4) is 0 Å². The van der Waals surface area contributed by atoms with Gasteiger partial charge in [-0.1, -0.05) is 166 Å². The fourth-order valence-corrected chi connectivity index (χ4v) is 10.5. The van der Waals surface area contributed by atoms with Gasteiger partial charge in [0.2, 0.25) is 0 Å². The van der Waals surface area contributed by atoms with Gasteiger partial charge in [0.05, 0.1) is 39.3 Å². The van der Waals surface area contributed by atoms with Gasteiger partial charge in [-0.2, -0.15) is 0 Å². The van der Waals surface area contributed by atoms with E-state index >= 15 is 4.39 Å². The average molecular weight is 1220 g/mol. The molecular weight excluding hydrogens is 1160 g/mol. The largest absolute Gasteiger partial charge is 0.500 e. The molecule has 3 heterocycles. The second kappa shape index (κ2) is 21.7.